The van der Waals surface area contributed by atoms with Gasteiger partial charge in [-0.3, -0.25) is 9.59 Å². The second-order valence-electron chi connectivity index (χ2n) is 8.37. The quantitative estimate of drug-likeness (QED) is 0.499. The Morgan fingerprint density at radius 3 is 2.15 bits per heavy atom. The molecule has 33 heavy (non-hydrogen) atoms. The average Bonchev–Trinajstić information content (AvgIpc) is 3.01. The number of benzene rings is 3. The van der Waals surface area contributed by atoms with E-state index in [2.05, 4.69) is 5.32 Å². The zero-order valence-corrected chi connectivity index (χ0v) is 19.7. The van der Waals surface area contributed by atoms with Crippen molar-refractivity contribution in [3.8, 4) is 5.75 Å². The lowest BCUT2D eigenvalue weighted by molar-refractivity contribution is -0.120. The van der Waals surface area contributed by atoms with Crippen LogP contribution in [0.5, 0.6) is 5.75 Å². The molecule has 5 heteroatoms. The van der Waals surface area contributed by atoms with Crippen molar-refractivity contribution >= 4 is 28.8 Å². The van der Waals surface area contributed by atoms with Crippen molar-refractivity contribution in [1.82, 2.24) is 0 Å². The maximum atomic E-state index is 13.7. The number of anilines is 2. The molecule has 1 aliphatic rings. The van der Waals surface area contributed by atoms with E-state index in [0.29, 0.717) is 23.6 Å². The summed E-state index contributed by atoms with van der Waals surface area (Å²) in [5, 5.41) is 3.25. The van der Waals surface area contributed by atoms with Crippen LogP contribution in [0, 0.1) is 27.7 Å². The molecule has 1 N–H and O–H groups in total. The monoisotopic (exact) mass is 440 g/mol. The summed E-state index contributed by atoms with van der Waals surface area (Å²) in [5.41, 5.74) is 6.99. The van der Waals surface area contributed by atoms with Gasteiger partial charge in [-0.25, -0.2) is 4.90 Å². The van der Waals surface area contributed by atoms with Gasteiger partial charge in [-0.05, 0) is 93.3 Å². The van der Waals surface area contributed by atoms with E-state index in [4.69, 9.17) is 4.74 Å². The van der Waals surface area contributed by atoms with Crippen molar-refractivity contribution in [2.24, 2.45) is 0 Å². The van der Waals surface area contributed by atoms with E-state index in [9.17, 15) is 9.59 Å². The largest absolute Gasteiger partial charge is 0.494 e. The van der Waals surface area contributed by atoms with Gasteiger partial charge in [0.1, 0.15) is 11.4 Å². The van der Waals surface area contributed by atoms with Gasteiger partial charge in [0.15, 0.2) is 0 Å². The minimum atomic E-state index is -0.377. The fourth-order valence-electron chi connectivity index (χ4n) is 4.05. The van der Waals surface area contributed by atoms with E-state index in [1.54, 1.807) is 24.3 Å². The number of carbonyl (C=O) groups excluding carboxylic acids is 2. The van der Waals surface area contributed by atoms with Crippen LogP contribution >= 0.6 is 0 Å². The molecule has 168 valence electrons. The summed E-state index contributed by atoms with van der Waals surface area (Å²) in [5.74, 6) is -0.0313. The molecule has 3 aromatic rings. The Hall–Kier alpha value is -3.86. The molecule has 1 heterocycles. The Kier molecular flexibility index (Phi) is 6.05. The molecule has 3 aromatic carbocycles. The average molecular weight is 441 g/mol. The van der Waals surface area contributed by atoms with Crippen LogP contribution in [0.4, 0.5) is 11.4 Å². The van der Waals surface area contributed by atoms with Crippen LogP contribution in [0.3, 0.4) is 0 Å². The Morgan fingerprint density at radius 2 is 1.52 bits per heavy atom. The van der Waals surface area contributed by atoms with Crippen molar-refractivity contribution in [2.75, 3.05) is 16.8 Å². The van der Waals surface area contributed by atoms with Gasteiger partial charge in [0, 0.05) is 5.69 Å². The predicted octanol–water partition coefficient (Wildman–Crippen LogP) is 5.72. The third-order valence-corrected chi connectivity index (χ3v) is 5.92. The Bertz CT molecular complexity index is 1270. The minimum Gasteiger partial charge on any atom is -0.494 e. The van der Waals surface area contributed by atoms with E-state index in [1.807, 2.05) is 71.0 Å². The van der Waals surface area contributed by atoms with E-state index in [1.165, 1.54) is 4.90 Å². The standard InChI is InChI=1S/C28H28N2O3/c1-6-33-23-12-10-22(11-13-23)30-27(31)25(24-14-7-17(2)15-20(24)5)26(28(30)32)29-21-9-8-18(3)19(4)16-21/h7-16,29H,6H2,1-5H3. The number of aryl methyl sites for hydroxylation is 4. The number of nitrogens with zero attached hydrogens (tertiary/aromatic N) is 1. The molecule has 0 aromatic heterocycles. The summed E-state index contributed by atoms with van der Waals surface area (Å²) < 4.78 is 5.50. The van der Waals surface area contributed by atoms with Crippen LogP contribution in [-0.2, 0) is 9.59 Å². The number of amides is 2. The summed E-state index contributed by atoms with van der Waals surface area (Å²) in [6.07, 6.45) is 0. The van der Waals surface area contributed by atoms with Gasteiger partial charge in [0.05, 0.1) is 17.9 Å². The maximum Gasteiger partial charge on any atom is 0.282 e. The summed E-state index contributed by atoms with van der Waals surface area (Å²) in [4.78, 5) is 28.5. The second kappa shape index (κ2) is 8.94. The van der Waals surface area contributed by atoms with Gasteiger partial charge in [0.2, 0.25) is 0 Å². The zero-order valence-electron chi connectivity index (χ0n) is 19.7. The van der Waals surface area contributed by atoms with Crippen molar-refractivity contribution in [3.05, 3.63) is 94.2 Å². The first-order valence-corrected chi connectivity index (χ1v) is 11.1. The lowest BCUT2D eigenvalue weighted by atomic mass is 9.97. The molecule has 4 rings (SSSR count). The number of imide groups is 1. The molecule has 5 nitrogen and oxygen atoms in total. The Labute approximate surface area is 194 Å². The first-order valence-electron chi connectivity index (χ1n) is 11.1. The fourth-order valence-corrected chi connectivity index (χ4v) is 4.05. The van der Waals surface area contributed by atoms with Crippen LogP contribution in [-0.4, -0.2) is 18.4 Å². The molecule has 0 radical (unpaired) electrons. The molecule has 0 saturated carbocycles. The molecular formula is C28H28N2O3. The molecule has 0 aliphatic carbocycles. The van der Waals surface area contributed by atoms with Gasteiger partial charge in [0.25, 0.3) is 11.8 Å². The first-order chi connectivity index (χ1) is 15.8. The molecular weight excluding hydrogens is 412 g/mol. The van der Waals surface area contributed by atoms with Crippen LogP contribution in [0.25, 0.3) is 5.57 Å². The van der Waals surface area contributed by atoms with Gasteiger partial charge in [-0.2, -0.15) is 0 Å². The SMILES string of the molecule is CCOc1ccc(N2C(=O)C(Nc3ccc(C)c(C)c3)=C(c3ccc(C)cc3C)C2=O)cc1. The number of nitrogens with one attached hydrogen (secondary N) is 1. The van der Waals surface area contributed by atoms with Crippen molar-refractivity contribution in [1.29, 1.82) is 0 Å². The highest BCUT2D eigenvalue weighted by Gasteiger charge is 2.40. The van der Waals surface area contributed by atoms with E-state index < -0.39 is 0 Å². The summed E-state index contributed by atoms with van der Waals surface area (Å²) in [6, 6.07) is 18.8. The Balaban J connectivity index is 1.81. The van der Waals surface area contributed by atoms with Crippen molar-refractivity contribution < 1.29 is 14.3 Å². The lowest BCUT2D eigenvalue weighted by Crippen LogP contribution is -2.32. The van der Waals surface area contributed by atoms with E-state index in [0.717, 1.165) is 33.5 Å². The van der Waals surface area contributed by atoms with Crippen molar-refractivity contribution in [3.63, 3.8) is 0 Å². The van der Waals surface area contributed by atoms with Crippen molar-refractivity contribution in [2.45, 2.75) is 34.6 Å². The number of hydrogen-bond acceptors (Lipinski definition) is 4. The molecule has 0 unspecified atom stereocenters. The van der Waals surface area contributed by atoms with Crippen LogP contribution in [0.15, 0.2) is 66.4 Å². The highest BCUT2D eigenvalue weighted by molar-refractivity contribution is 6.46. The van der Waals surface area contributed by atoms with E-state index in [-0.39, 0.29) is 17.5 Å². The van der Waals surface area contributed by atoms with Crippen LogP contribution in [0.2, 0.25) is 0 Å². The summed E-state index contributed by atoms with van der Waals surface area (Å²) in [6.45, 7) is 10.5. The number of ether oxygens (including phenoxy) is 1. The summed E-state index contributed by atoms with van der Waals surface area (Å²) >= 11 is 0. The molecule has 2 amide bonds. The van der Waals surface area contributed by atoms with Gasteiger partial charge in [-0.1, -0.05) is 29.8 Å². The molecule has 0 bridgehead atoms. The maximum absolute atomic E-state index is 13.7. The number of hydrogen-bond donors (Lipinski definition) is 1. The molecule has 0 spiro atoms. The van der Waals surface area contributed by atoms with Gasteiger partial charge in [-0.15, -0.1) is 0 Å². The normalized spacial score (nSPS) is 13.7. The number of rotatable bonds is 6. The van der Waals surface area contributed by atoms with Gasteiger partial charge < -0.3 is 10.1 Å². The van der Waals surface area contributed by atoms with Gasteiger partial charge >= 0.3 is 0 Å². The third kappa shape index (κ3) is 4.27. The first kappa shape index (κ1) is 22.3. The zero-order chi connectivity index (χ0) is 23.7. The molecule has 1 aliphatic heterocycles. The lowest BCUT2D eigenvalue weighted by Gasteiger charge is -2.16. The topological polar surface area (TPSA) is 58.6 Å². The highest BCUT2D eigenvalue weighted by atomic mass is 16.5. The fraction of sp³-hybridized carbons (Fsp3) is 0.214. The second-order valence-corrected chi connectivity index (χ2v) is 8.37. The highest BCUT2D eigenvalue weighted by Crippen LogP contribution is 2.36. The molecule has 0 saturated heterocycles. The van der Waals surface area contributed by atoms with E-state index >= 15 is 0 Å². The Morgan fingerprint density at radius 1 is 0.788 bits per heavy atom. The minimum absolute atomic E-state index is 0.282. The smallest absolute Gasteiger partial charge is 0.282 e. The molecule has 0 atom stereocenters. The predicted molar refractivity (Wildman–Crippen MR) is 132 cm³/mol. The third-order valence-electron chi connectivity index (χ3n) is 5.92. The summed E-state index contributed by atoms with van der Waals surface area (Å²) in [7, 11) is 0. The molecule has 0 fully saturated rings. The van der Waals surface area contributed by atoms with Crippen LogP contribution in [0.1, 0.15) is 34.7 Å². The number of carbonyl (C=O) groups is 2. The van der Waals surface area contributed by atoms with Crippen LogP contribution < -0.4 is 15.0 Å².